The smallest absolute Gasteiger partial charge is 0.295 e. The Morgan fingerprint density at radius 3 is 2.31 bits per heavy atom. The molecule has 7 nitrogen and oxygen atoms in total. The number of amides is 1. The van der Waals surface area contributed by atoms with Crippen molar-refractivity contribution in [2.45, 2.75) is 25.8 Å². The quantitative estimate of drug-likeness (QED) is 0.354. The van der Waals surface area contributed by atoms with Crippen LogP contribution in [0.2, 0.25) is 0 Å². The van der Waals surface area contributed by atoms with Crippen molar-refractivity contribution >= 4 is 17.4 Å². The molecule has 1 saturated heterocycles. The first-order valence-electron chi connectivity index (χ1n) is 10.8. The fraction of sp³-hybridized carbons (Fsp3) is 0.360. The summed E-state index contributed by atoms with van der Waals surface area (Å²) in [6.07, 6.45) is 1.56. The molecule has 0 bridgehead atoms. The summed E-state index contributed by atoms with van der Waals surface area (Å²) in [6, 6.07) is 12.4. The topological polar surface area (TPSA) is 90.3 Å². The number of aliphatic hydroxyl groups excluding tert-OH is 1. The number of hydrogen-bond donors (Lipinski definition) is 2. The Balaban J connectivity index is 2.01. The number of ether oxygens (including phenoxy) is 1. The number of nitrogens with zero attached hydrogens (tertiary/aromatic N) is 2. The van der Waals surface area contributed by atoms with E-state index in [2.05, 4.69) is 0 Å². The second-order valence-electron chi connectivity index (χ2n) is 8.11. The van der Waals surface area contributed by atoms with Crippen molar-refractivity contribution in [3.8, 4) is 11.5 Å². The minimum Gasteiger partial charge on any atom is -0.508 e. The van der Waals surface area contributed by atoms with Crippen molar-refractivity contribution in [3.63, 3.8) is 0 Å². The van der Waals surface area contributed by atoms with E-state index in [1.807, 2.05) is 25.9 Å². The van der Waals surface area contributed by atoms with Crippen molar-refractivity contribution in [1.82, 2.24) is 9.80 Å². The number of benzene rings is 2. The third-order valence-electron chi connectivity index (χ3n) is 5.35. The molecule has 1 heterocycles. The zero-order valence-corrected chi connectivity index (χ0v) is 18.7. The SMILES string of the molecule is CCCOc1ccc(/C(O)=C2\C(=O)C(=O)N(CCCN(C)C)[C@H]2c2ccc(O)cc2)cc1. The van der Waals surface area contributed by atoms with Gasteiger partial charge in [-0.25, -0.2) is 0 Å². The maximum absolute atomic E-state index is 13.0. The second kappa shape index (κ2) is 10.3. The number of hydrogen-bond acceptors (Lipinski definition) is 6. The second-order valence-corrected chi connectivity index (χ2v) is 8.11. The Hall–Kier alpha value is -3.32. The van der Waals surface area contributed by atoms with Gasteiger partial charge in [-0.1, -0.05) is 19.1 Å². The largest absolute Gasteiger partial charge is 0.508 e. The molecule has 0 radical (unpaired) electrons. The molecule has 32 heavy (non-hydrogen) atoms. The lowest BCUT2D eigenvalue weighted by atomic mass is 9.95. The number of rotatable bonds is 9. The van der Waals surface area contributed by atoms with Crippen LogP contribution in [-0.2, 0) is 9.59 Å². The third-order valence-corrected chi connectivity index (χ3v) is 5.35. The third kappa shape index (κ3) is 5.11. The monoisotopic (exact) mass is 438 g/mol. The Labute approximate surface area is 188 Å². The molecule has 170 valence electrons. The van der Waals surface area contributed by atoms with E-state index in [-0.39, 0.29) is 17.1 Å². The highest BCUT2D eigenvalue weighted by Crippen LogP contribution is 2.40. The van der Waals surface area contributed by atoms with E-state index in [0.717, 1.165) is 13.0 Å². The summed E-state index contributed by atoms with van der Waals surface area (Å²) >= 11 is 0. The highest BCUT2D eigenvalue weighted by molar-refractivity contribution is 6.46. The predicted octanol–water partition coefficient (Wildman–Crippen LogP) is 3.55. The van der Waals surface area contributed by atoms with Gasteiger partial charge in [0.05, 0.1) is 18.2 Å². The average Bonchev–Trinajstić information content (AvgIpc) is 3.03. The van der Waals surface area contributed by atoms with Crippen LogP contribution >= 0.6 is 0 Å². The van der Waals surface area contributed by atoms with Crippen LogP contribution in [0.15, 0.2) is 54.1 Å². The van der Waals surface area contributed by atoms with Crippen LogP contribution in [0.1, 0.15) is 36.9 Å². The summed E-state index contributed by atoms with van der Waals surface area (Å²) in [5, 5.41) is 20.8. The zero-order valence-electron chi connectivity index (χ0n) is 18.7. The maximum atomic E-state index is 13.0. The van der Waals surface area contributed by atoms with Gasteiger partial charge in [0, 0.05) is 12.1 Å². The van der Waals surface area contributed by atoms with Gasteiger partial charge in [-0.05, 0) is 75.4 Å². The van der Waals surface area contributed by atoms with Gasteiger partial charge >= 0.3 is 0 Å². The van der Waals surface area contributed by atoms with Crippen molar-refractivity contribution in [1.29, 1.82) is 0 Å². The normalized spacial score (nSPS) is 17.9. The molecule has 3 rings (SSSR count). The van der Waals surface area contributed by atoms with Gasteiger partial charge in [0.1, 0.15) is 17.3 Å². The number of carbonyl (C=O) groups excluding carboxylic acids is 2. The summed E-state index contributed by atoms with van der Waals surface area (Å²) < 4.78 is 5.58. The van der Waals surface area contributed by atoms with E-state index in [1.165, 1.54) is 17.0 Å². The Bertz CT molecular complexity index is 980. The van der Waals surface area contributed by atoms with Crippen LogP contribution in [0.4, 0.5) is 0 Å². The zero-order chi connectivity index (χ0) is 23.3. The van der Waals surface area contributed by atoms with Crippen LogP contribution in [0.25, 0.3) is 5.76 Å². The predicted molar refractivity (Wildman–Crippen MR) is 123 cm³/mol. The molecule has 0 saturated carbocycles. The Morgan fingerprint density at radius 2 is 1.72 bits per heavy atom. The fourth-order valence-electron chi connectivity index (χ4n) is 3.76. The molecular formula is C25H30N2O5. The number of ketones is 1. The summed E-state index contributed by atoms with van der Waals surface area (Å²) in [4.78, 5) is 29.4. The van der Waals surface area contributed by atoms with Crippen molar-refractivity contribution in [2.75, 3.05) is 33.8 Å². The molecule has 1 fully saturated rings. The van der Waals surface area contributed by atoms with E-state index < -0.39 is 17.7 Å². The van der Waals surface area contributed by atoms with Crippen molar-refractivity contribution < 1.29 is 24.5 Å². The van der Waals surface area contributed by atoms with Crippen molar-refractivity contribution in [2.24, 2.45) is 0 Å². The van der Waals surface area contributed by atoms with Gasteiger partial charge in [-0.3, -0.25) is 9.59 Å². The number of phenols is 1. The molecule has 2 aromatic rings. The number of Topliss-reactive ketones (excluding diaryl/α,β-unsaturated/α-hetero) is 1. The van der Waals surface area contributed by atoms with E-state index in [9.17, 15) is 19.8 Å². The van der Waals surface area contributed by atoms with E-state index >= 15 is 0 Å². The minimum absolute atomic E-state index is 0.0489. The first-order valence-corrected chi connectivity index (χ1v) is 10.8. The number of aliphatic hydroxyl groups is 1. The number of carbonyl (C=O) groups is 2. The number of aromatic hydroxyl groups is 1. The molecule has 2 N–H and O–H groups in total. The van der Waals surface area contributed by atoms with Gasteiger partial charge in [0.25, 0.3) is 11.7 Å². The van der Waals surface area contributed by atoms with Crippen LogP contribution < -0.4 is 4.74 Å². The van der Waals surface area contributed by atoms with Crippen LogP contribution in [0.3, 0.4) is 0 Å². The number of phenolic OH excluding ortho intramolecular Hbond substituents is 1. The first-order chi connectivity index (χ1) is 15.3. The Morgan fingerprint density at radius 1 is 1.06 bits per heavy atom. The standard InChI is InChI=1S/C25H30N2O5/c1-4-16-32-20-12-8-18(9-13-20)23(29)21-22(17-6-10-19(28)11-7-17)27(25(31)24(21)30)15-5-14-26(2)3/h6-13,22,28-29H,4-5,14-16H2,1-3H3/b23-21+/t22-/m0/s1. The molecular weight excluding hydrogens is 408 g/mol. The molecule has 2 aromatic carbocycles. The maximum Gasteiger partial charge on any atom is 0.295 e. The van der Waals surface area contributed by atoms with Crippen LogP contribution in [0, 0.1) is 0 Å². The summed E-state index contributed by atoms with van der Waals surface area (Å²) in [7, 11) is 3.89. The molecule has 1 aliphatic rings. The van der Waals surface area contributed by atoms with Gasteiger partial charge in [0.15, 0.2) is 0 Å². The molecule has 0 aliphatic carbocycles. The first kappa shape index (κ1) is 23.3. The summed E-state index contributed by atoms with van der Waals surface area (Å²) in [6.45, 7) is 3.73. The lowest BCUT2D eigenvalue weighted by Crippen LogP contribution is -2.32. The molecule has 1 aliphatic heterocycles. The molecule has 7 heteroatoms. The van der Waals surface area contributed by atoms with Gasteiger partial charge in [-0.2, -0.15) is 0 Å². The van der Waals surface area contributed by atoms with Crippen LogP contribution in [-0.4, -0.2) is 65.5 Å². The van der Waals surface area contributed by atoms with Gasteiger partial charge in [-0.15, -0.1) is 0 Å². The van der Waals surface area contributed by atoms with E-state index in [0.29, 0.717) is 36.4 Å². The van der Waals surface area contributed by atoms with Gasteiger partial charge < -0.3 is 24.7 Å². The molecule has 1 atom stereocenters. The highest BCUT2D eigenvalue weighted by Gasteiger charge is 2.45. The van der Waals surface area contributed by atoms with Crippen LogP contribution in [0.5, 0.6) is 11.5 Å². The molecule has 0 unspecified atom stereocenters. The average molecular weight is 439 g/mol. The van der Waals surface area contributed by atoms with E-state index in [4.69, 9.17) is 4.74 Å². The highest BCUT2D eigenvalue weighted by atomic mass is 16.5. The lowest BCUT2D eigenvalue weighted by Gasteiger charge is -2.26. The molecule has 0 aromatic heterocycles. The molecule has 0 spiro atoms. The lowest BCUT2D eigenvalue weighted by molar-refractivity contribution is -0.139. The molecule has 1 amide bonds. The minimum atomic E-state index is -0.728. The number of likely N-dealkylation sites (tertiary alicyclic amines) is 1. The summed E-state index contributed by atoms with van der Waals surface area (Å²) in [5.41, 5.74) is 1.13. The van der Waals surface area contributed by atoms with Gasteiger partial charge in [0.2, 0.25) is 0 Å². The van der Waals surface area contributed by atoms with Crippen molar-refractivity contribution in [3.05, 3.63) is 65.2 Å². The summed E-state index contributed by atoms with van der Waals surface area (Å²) in [5.74, 6) is -0.815. The Kier molecular flexibility index (Phi) is 7.53. The fourth-order valence-corrected chi connectivity index (χ4v) is 3.76. The van der Waals surface area contributed by atoms with E-state index in [1.54, 1.807) is 36.4 Å².